The first kappa shape index (κ1) is 18.1. The van der Waals surface area contributed by atoms with Gasteiger partial charge in [-0.3, -0.25) is 9.59 Å². The average molecular weight is 312 g/mol. The molecule has 1 fully saturated rings. The maximum atomic E-state index is 12.4. The summed E-state index contributed by atoms with van der Waals surface area (Å²) in [6.45, 7) is 8.71. The number of hydrogen-bond acceptors (Lipinski definition) is 3. The van der Waals surface area contributed by atoms with Gasteiger partial charge in [-0.05, 0) is 26.7 Å². The van der Waals surface area contributed by atoms with Crippen LogP contribution < -0.4 is 5.32 Å². The molecule has 1 N–H and O–H groups in total. The quantitative estimate of drug-likeness (QED) is 0.581. The van der Waals surface area contributed by atoms with Gasteiger partial charge in [0.25, 0.3) is 0 Å². The Morgan fingerprint density at radius 1 is 1.29 bits per heavy atom. The third-order valence-electron chi connectivity index (χ3n) is 3.49. The molecule has 4 nitrogen and oxygen atoms in total. The van der Waals surface area contributed by atoms with Crippen molar-refractivity contribution in [1.82, 2.24) is 10.2 Å². The van der Waals surface area contributed by atoms with E-state index in [1.54, 1.807) is 22.7 Å². The van der Waals surface area contributed by atoms with Gasteiger partial charge in [0.15, 0.2) is 0 Å². The molecule has 0 spiro atoms. The molecular weight excluding hydrogens is 284 g/mol. The Labute approximate surface area is 132 Å². The lowest BCUT2D eigenvalue weighted by Gasteiger charge is -2.27. The highest BCUT2D eigenvalue weighted by atomic mass is 32.2. The van der Waals surface area contributed by atoms with Crippen LogP contribution in [0.5, 0.6) is 0 Å². The van der Waals surface area contributed by atoms with Gasteiger partial charge >= 0.3 is 0 Å². The fraction of sp³-hybridized carbons (Fsp3) is 0.750. The van der Waals surface area contributed by atoms with Gasteiger partial charge in [-0.15, -0.1) is 11.8 Å². The van der Waals surface area contributed by atoms with Crippen LogP contribution in [0.3, 0.4) is 0 Å². The summed E-state index contributed by atoms with van der Waals surface area (Å²) >= 11 is 1.70. The van der Waals surface area contributed by atoms with Gasteiger partial charge in [-0.25, -0.2) is 0 Å². The number of allylic oxidation sites excluding steroid dienone is 1. The number of carbonyl (C=O) groups excluding carboxylic acids is 2. The molecule has 1 heterocycles. The first-order valence-corrected chi connectivity index (χ1v) is 8.92. The van der Waals surface area contributed by atoms with Crippen molar-refractivity contribution in [2.45, 2.75) is 64.8 Å². The molecule has 1 saturated heterocycles. The van der Waals surface area contributed by atoms with Gasteiger partial charge in [0.1, 0.15) is 6.04 Å². The standard InChI is InChI=1S/C16H28N2O2S/c1-5-7-8-9-17-16(20)13-11-21-15(6-2)18(13)14(19)10-12(3)4/h10,13,15H,5-9,11H2,1-4H3,(H,17,20). The summed E-state index contributed by atoms with van der Waals surface area (Å²) in [5, 5.41) is 3.09. The smallest absolute Gasteiger partial charge is 0.248 e. The molecule has 1 rings (SSSR count). The topological polar surface area (TPSA) is 49.4 Å². The van der Waals surface area contributed by atoms with Crippen molar-refractivity contribution in [2.24, 2.45) is 0 Å². The van der Waals surface area contributed by atoms with E-state index >= 15 is 0 Å². The van der Waals surface area contributed by atoms with Crippen molar-refractivity contribution in [3.05, 3.63) is 11.6 Å². The molecule has 0 aromatic rings. The van der Waals surface area contributed by atoms with Crippen LogP contribution in [0.25, 0.3) is 0 Å². The normalized spacial score (nSPS) is 21.2. The Balaban J connectivity index is 2.68. The maximum Gasteiger partial charge on any atom is 0.248 e. The zero-order valence-electron chi connectivity index (χ0n) is 13.6. The molecule has 0 aliphatic carbocycles. The lowest BCUT2D eigenvalue weighted by Crippen LogP contribution is -2.49. The molecule has 2 amide bonds. The summed E-state index contributed by atoms with van der Waals surface area (Å²) in [4.78, 5) is 26.5. The van der Waals surface area contributed by atoms with E-state index in [0.29, 0.717) is 12.3 Å². The molecule has 5 heteroatoms. The monoisotopic (exact) mass is 312 g/mol. The molecule has 120 valence electrons. The van der Waals surface area contributed by atoms with Crippen molar-refractivity contribution in [3.8, 4) is 0 Å². The van der Waals surface area contributed by atoms with Gasteiger partial charge in [-0.1, -0.05) is 32.3 Å². The number of carbonyl (C=O) groups is 2. The van der Waals surface area contributed by atoms with Crippen LogP contribution in [0.15, 0.2) is 11.6 Å². The first-order chi connectivity index (χ1) is 10.0. The first-order valence-electron chi connectivity index (χ1n) is 7.87. The van der Waals surface area contributed by atoms with Crippen LogP contribution in [0.2, 0.25) is 0 Å². The molecule has 1 aliphatic heterocycles. The van der Waals surface area contributed by atoms with Crippen molar-refractivity contribution < 1.29 is 9.59 Å². The largest absolute Gasteiger partial charge is 0.354 e. The number of amides is 2. The lowest BCUT2D eigenvalue weighted by molar-refractivity contribution is -0.136. The van der Waals surface area contributed by atoms with Crippen molar-refractivity contribution in [2.75, 3.05) is 12.3 Å². The minimum atomic E-state index is -0.329. The SMILES string of the molecule is CCCCCNC(=O)C1CSC(CC)N1C(=O)C=C(C)C. The zero-order valence-corrected chi connectivity index (χ0v) is 14.5. The Morgan fingerprint density at radius 2 is 2.00 bits per heavy atom. The summed E-state index contributed by atoms with van der Waals surface area (Å²) in [6.07, 6.45) is 5.76. The fourth-order valence-corrected chi connectivity index (χ4v) is 3.77. The highest BCUT2D eigenvalue weighted by Gasteiger charge is 2.39. The van der Waals surface area contributed by atoms with Crippen LogP contribution in [0.1, 0.15) is 53.4 Å². The number of nitrogens with one attached hydrogen (secondary N) is 1. The van der Waals surface area contributed by atoms with E-state index in [2.05, 4.69) is 19.2 Å². The molecule has 21 heavy (non-hydrogen) atoms. The highest BCUT2D eigenvalue weighted by Crippen LogP contribution is 2.31. The molecule has 0 aromatic carbocycles. The number of unbranched alkanes of at least 4 members (excludes halogenated alkanes) is 2. The van der Waals surface area contributed by atoms with E-state index < -0.39 is 0 Å². The summed E-state index contributed by atoms with van der Waals surface area (Å²) in [5.74, 6) is 0.645. The zero-order chi connectivity index (χ0) is 15.8. The maximum absolute atomic E-state index is 12.4. The Morgan fingerprint density at radius 3 is 2.57 bits per heavy atom. The molecule has 1 aliphatic rings. The molecule has 0 radical (unpaired) electrons. The number of rotatable bonds is 7. The van der Waals surface area contributed by atoms with Gasteiger partial charge in [0, 0.05) is 18.4 Å². The van der Waals surface area contributed by atoms with Crippen molar-refractivity contribution in [3.63, 3.8) is 0 Å². The minimum Gasteiger partial charge on any atom is -0.354 e. The van der Waals surface area contributed by atoms with Crippen LogP contribution in [-0.2, 0) is 9.59 Å². The van der Waals surface area contributed by atoms with Crippen LogP contribution in [0, 0.1) is 0 Å². The molecule has 2 atom stereocenters. The summed E-state index contributed by atoms with van der Waals surface area (Å²) in [7, 11) is 0. The highest BCUT2D eigenvalue weighted by molar-refractivity contribution is 8.00. The third kappa shape index (κ3) is 5.38. The van der Waals surface area contributed by atoms with E-state index in [0.717, 1.165) is 31.3 Å². The second-order valence-electron chi connectivity index (χ2n) is 5.68. The summed E-state index contributed by atoms with van der Waals surface area (Å²) < 4.78 is 0. The lowest BCUT2D eigenvalue weighted by atomic mass is 10.2. The van der Waals surface area contributed by atoms with Crippen molar-refractivity contribution in [1.29, 1.82) is 0 Å². The summed E-state index contributed by atoms with van der Waals surface area (Å²) in [5.41, 5.74) is 0.967. The Bertz CT molecular complexity index is 392. The predicted molar refractivity (Wildman–Crippen MR) is 89.1 cm³/mol. The van der Waals surface area contributed by atoms with E-state index in [9.17, 15) is 9.59 Å². The molecule has 2 unspecified atom stereocenters. The number of nitrogens with zero attached hydrogens (tertiary/aromatic N) is 1. The fourth-order valence-electron chi connectivity index (χ4n) is 2.40. The second kappa shape index (κ2) is 9.13. The van der Waals surface area contributed by atoms with Gasteiger partial charge in [0.2, 0.25) is 11.8 Å². The third-order valence-corrected chi connectivity index (χ3v) is 4.94. The van der Waals surface area contributed by atoms with E-state index in [1.807, 2.05) is 13.8 Å². The summed E-state index contributed by atoms with van der Waals surface area (Å²) in [6, 6.07) is -0.329. The molecular formula is C16H28N2O2S. The molecule has 0 saturated carbocycles. The number of hydrogen-bond donors (Lipinski definition) is 1. The Kier molecular flexibility index (Phi) is 7.86. The van der Waals surface area contributed by atoms with Crippen LogP contribution in [-0.4, -0.2) is 40.4 Å². The van der Waals surface area contributed by atoms with E-state index in [-0.39, 0.29) is 23.2 Å². The van der Waals surface area contributed by atoms with E-state index in [4.69, 9.17) is 0 Å². The minimum absolute atomic E-state index is 0.00920. The number of thioether (sulfide) groups is 1. The van der Waals surface area contributed by atoms with Gasteiger partial charge in [-0.2, -0.15) is 0 Å². The predicted octanol–water partition coefficient (Wildman–Crippen LogP) is 2.94. The average Bonchev–Trinajstić information content (AvgIpc) is 2.86. The molecule has 0 bridgehead atoms. The van der Waals surface area contributed by atoms with Gasteiger partial charge in [0.05, 0.1) is 5.37 Å². The van der Waals surface area contributed by atoms with Crippen LogP contribution >= 0.6 is 11.8 Å². The van der Waals surface area contributed by atoms with Crippen molar-refractivity contribution >= 4 is 23.6 Å². The van der Waals surface area contributed by atoms with E-state index in [1.165, 1.54) is 0 Å². The van der Waals surface area contributed by atoms with Crippen LogP contribution in [0.4, 0.5) is 0 Å². The Hall–Kier alpha value is -0.970. The van der Waals surface area contributed by atoms with Gasteiger partial charge < -0.3 is 10.2 Å². The molecule has 0 aromatic heterocycles. The second-order valence-corrected chi connectivity index (χ2v) is 6.89.